The van der Waals surface area contributed by atoms with Crippen molar-refractivity contribution in [3.05, 3.63) is 0 Å². The van der Waals surface area contributed by atoms with Gasteiger partial charge < -0.3 is 9.64 Å². The molecule has 0 aliphatic carbocycles. The van der Waals surface area contributed by atoms with E-state index in [1.807, 2.05) is 11.8 Å². The molecule has 1 rings (SSSR count). The lowest BCUT2D eigenvalue weighted by molar-refractivity contribution is 0.0230. The van der Waals surface area contributed by atoms with Crippen molar-refractivity contribution < 1.29 is 9.53 Å². The van der Waals surface area contributed by atoms with E-state index in [1.165, 1.54) is 57.8 Å². The number of unbranched alkanes of at least 4 members (excludes halogenated alkanes) is 5. The Morgan fingerprint density at radius 3 is 1.96 bits per heavy atom. The minimum absolute atomic E-state index is 0.146. The number of ether oxygens (including phenoxy) is 1. The largest absolute Gasteiger partial charge is 0.450 e. The molecule has 1 aliphatic rings. The van der Waals surface area contributed by atoms with E-state index in [0.717, 1.165) is 26.2 Å². The number of amides is 1. The molecule has 0 saturated carbocycles. The van der Waals surface area contributed by atoms with Gasteiger partial charge in [-0.2, -0.15) is 0 Å². The van der Waals surface area contributed by atoms with Crippen molar-refractivity contribution in [1.82, 2.24) is 9.80 Å². The zero-order chi connectivity index (χ0) is 17.8. The van der Waals surface area contributed by atoms with Gasteiger partial charge in [0.2, 0.25) is 0 Å². The SMILES string of the molecule is CCCCCCC(C)(CCCCC)N1CCN(C(=O)OCC)CC1. The number of carbonyl (C=O) groups is 1. The molecule has 1 aliphatic heterocycles. The molecule has 1 unspecified atom stereocenters. The Morgan fingerprint density at radius 1 is 0.875 bits per heavy atom. The predicted molar refractivity (Wildman–Crippen MR) is 101 cm³/mol. The fourth-order valence-corrected chi connectivity index (χ4v) is 3.77. The summed E-state index contributed by atoms with van der Waals surface area (Å²) >= 11 is 0. The van der Waals surface area contributed by atoms with Gasteiger partial charge in [-0.15, -0.1) is 0 Å². The molecule has 0 N–H and O–H groups in total. The van der Waals surface area contributed by atoms with Gasteiger partial charge in [-0.3, -0.25) is 4.90 Å². The maximum Gasteiger partial charge on any atom is 0.409 e. The van der Waals surface area contributed by atoms with Gasteiger partial charge >= 0.3 is 6.09 Å². The lowest BCUT2D eigenvalue weighted by atomic mass is 9.86. The molecular formula is C20H40N2O2. The molecule has 1 fully saturated rings. The number of carbonyl (C=O) groups excluding carboxylic acids is 1. The van der Waals surface area contributed by atoms with Crippen molar-refractivity contribution in [3.8, 4) is 0 Å². The van der Waals surface area contributed by atoms with Crippen molar-refractivity contribution in [2.45, 2.75) is 91.0 Å². The normalized spacial score (nSPS) is 18.4. The summed E-state index contributed by atoms with van der Waals surface area (Å²) in [7, 11) is 0. The molecule has 1 amide bonds. The second-order valence-electron chi connectivity index (χ2n) is 7.44. The van der Waals surface area contributed by atoms with Crippen LogP contribution in [0.3, 0.4) is 0 Å². The lowest BCUT2D eigenvalue weighted by Gasteiger charge is -2.46. The third-order valence-electron chi connectivity index (χ3n) is 5.46. The Bertz CT molecular complexity index is 341. The molecule has 0 spiro atoms. The van der Waals surface area contributed by atoms with E-state index in [9.17, 15) is 4.79 Å². The zero-order valence-corrected chi connectivity index (χ0v) is 16.6. The summed E-state index contributed by atoms with van der Waals surface area (Å²) in [5.74, 6) is 0. The summed E-state index contributed by atoms with van der Waals surface area (Å²) in [5.41, 5.74) is 0.295. The van der Waals surface area contributed by atoms with Crippen LogP contribution in [-0.2, 0) is 4.74 Å². The average Bonchev–Trinajstić information content (AvgIpc) is 2.59. The summed E-state index contributed by atoms with van der Waals surface area (Å²) < 4.78 is 5.14. The van der Waals surface area contributed by atoms with Crippen molar-refractivity contribution in [1.29, 1.82) is 0 Å². The molecule has 0 radical (unpaired) electrons. The van der Waals surface area contributed by atoms with E-state index < -0.39 is 0 Å². The highest BCUT2D eigenvalue weighted by molar-refractivity contribution is 5.67. The number of nitrogens with zero attached hydrogens (tertiary/aromatic N) is 2. The Labute approximate surface area is 149 Å². The summed E-state index contributed by atoms with van der Waals surface area (Å²) in [6.07, 6.45) is 11.7. The minimum Gasteiger partial charge on any atom is -0.450 e. The Morgan fingerprint density at radius 2 is 1.42 bits per heavy atom. The van der Waals surface area contributed by atoms with E-state index in [2.05, 4.69) is 25.7 Å². The molecule has 0 bridgehead atoms. The van der Waals surface area contributed by atoms with Crippen LogP contribution in [0.1, 0.15) is 85.5 Å². The fourth-order valence-electron chi connectivity index (χ4n) is 3.77. The molecule has 4 nitrogen and oxygen atoms in total. The van der Waals surface area contributed by atoms with Gasteiger partial charge in [0.1, 0.15) is 0 Å². The molecule has 0 aromatic carbocycles. The van der Waals surface area contributed by atoms with Crippen LogP contribution in [-0.4, -0.2) is 54.2 Å². The second-order valence-corrected chi connectivity index (χ2v) is 7.44. The molecular weight excluding hydrogens is 300 g/mol. The van der Waals surface area contributed by atoms with E-state index >= 15 is 0 Å². The van der Waals surface area contributed by atoms with Gasteiger partial charge in [0.05, 0.1) is 6.61 Å². The van der Waals surface area contributed by atoms with E-state index in [4.69, 9.17) is 4.74 Å². The molecule has 1 atom stereocenters. The Kier molecular flexibility index (Phi) is 10.4. The first-order valence-electron chi connectivity index (χ1n) is 10.2. The topological polar surface area (TPSA) is 32.8 Å². The van der Waals surface area contributed by atoms with Crippen LogP contribution >= 0.6 is 0 Å². The highest BCUT2D eigenvalue weighted by Gasteiger charge is 2.34. The van der Waals surface area contributed by atoms with Crippen LogP contribution in [0.25, 0.3) is 0 Å². The fraction of sp³-hybridized carbons (Fsp3) is 0.950. The average molecular weight is 341 g/mol. The maximum atomic E-state index is 11.9. The van der Waals surface area contributed by atoms with Crippen LogP contribution < -0.4 is 0 Å². The minimum atomic E-state index is -0.146. The molecule has 142 valence electrons. The number of hydrogen-bond acceptors (Lipinski definition) is 3. The lowest BCUT2D eigenvalue weighted by Crippen LogP contribution is -2.57. The maximum absolute atomic E-state index is 11.9. The van der Waals surface area contributed by atoms with Crippen molar-refractivity contribution >= 4 is 6.09 Å². The van der Waals surface area contributed by atoms with Crippen LogP contribution in [0.4, 0.5) is 4.79 Å². The summed E-state index contributed by atoms with van der Waals surface area (Å²) in [4.78, 5) is 16.4. The van der Waals surface area contributed by atoms with Gasteiger partial charge in [0, 0.05) is 31.7 Å². The highest BCUT2D eigenvalue weighted by Crippen LogP contribution is 2.30. The monoisotopic (exact) mass is 340 g/mol. The standard InChI is InChI=1S/C20H40N2O2/c1-5-8-10-12-14-20(4,13-11-9-6-2)22-17-15-21(16-18-22)19(23)24-7-3/h5-18H2,1-4H3. The van der Waals surface area contributed by atoms with Gasteiger partial charge in [0.25, 0.3) is 0 Å². The number of hydrogen-bond donors (Lipinski definition) is 0. The van der Waals surface area contributed by atoms with Crippen LogP contribution in [0.2, 0.25) is 0 Å². The van der Waals surface area contributed by atoms with Crippen LogP contribution in [0.5, 0.6) is 0 Å². The summed E-state index contributed by atoms with van der Waals surface area (Å²) in [5, 5.41) is 0. The quantitative estimate of drug-likeness (QED) is 0.492. The highest BCUT2D eigenvalue weighted by atomic mass is 16.6. The van der Waals surface area contributed by atoms with Gasteiger partial charge in [-0.1, -0.05) is 58.8 Å². The Hall–Kier alpha value is -0.770. The van der Waals surface area contributed by atoms with Gasteiger partial charge in [-0.25, -0.2) is 4.79 Å². The first kappa shape index (κ1) is 21.3. The molecule has 0 aromatic heterocycles. The molecule has 24 heavy (non-hydrogen) atoms. The van der Waals surface area contributed by atoms with Crippen molar-refractivity contribution in [2.75, 3.05) is 32.8 Å². The van der Waals surface area contributed by atoms with Crippen LogP contribution in [0, 0.1) is 0 Å². The second kappa shape index (κ2) is 11.7. The first-order chi connectivity index (χ1) is 11.6. The number of piperazine rings is 1. The van der Waals surface area contributed by atoms with Crippen LogP contribution in [0.15, 0.2) is 0 Å². The molecule has 4 heteroatoms. The molecule has 0 aromatic rings. The van der Waals surface area contributed by atoms with Crippen molar-refractivity contribution in [2.24, 2.45) is 0 Å². The Balaban J connectivity index is 2.54. The number of rotatable bonds is 11. The van der Waals surface area contributed by atoms with Gasteiger partial charge in [-0.05, 0) is 26.7 Å². The zero-order valence-electron chi connectivity index (χ0n) is 16.6. The van der Waals surface area contributed by atoms with E-state index in [0.29, 0.717) is 12.1 Å². The van der Waals surface area contributed by atoms with E-state index in [1.54, 1.807) is 0 Å². The van der Waals surface area contributed by atoms with Gasteiger partial charge in [0.15, 0.2) is 0 Å². The summed E-state index contributed by atoms with van der Waals surface area (Å²) in [6, 6.07) is 0. The molecule has 1 heterocycles. The smallest absolute Gasteiger partial charge is 0.409 e. The van der Waals surface area contributed by atoms with Crippen molar-refractivity contribution in [3.63, 3.8) is 0 Å². The third-order valence-corrected chi connectivity index (χ3v) is 5.46. The first-order valence-corrected chi connectivity index (χ1v) is 10.2. The van der Waals surface area contributed by atoms with E-state index in [-0.39, 0.29) is 6.09 Å². The predicted octanol–water partition coefficient (Wildman–Crippen LogP) is 5.07. The third kappa shape index (κ3) is 7.00. The molecule has 1 saturated heterocycles. The summed E-state index contributed by atoms with van der Waals surface area (Å²) in [6.45, 7) is 12.9.